The predicted molar refractivity (Wildman–Crippen MR) is 97.6 cm³/mol. The molecule has 3 aromatic rings. The van der Waals surface area contributed by atoms with E-state index in [1.54, 1.807) is 0 Å². The Morgan fingerprint density at radius 3 is 2.39 bits per heavy atom. The molecule has 23 heavy (non-hydrogen) atoms. The molecule has 4 rings (SSSR count). The van der Waals surface area contributed by atoms with Crippen molar-refractivity contribution in [2.45, 2.75) is 0 Å². The summed E-state index contributed by atoms with van der Waals surface area (Å²) in [6.45, 7) is 3.90. The smallest absolute Gasteiger partial charge is 0.129 e. The van der Waals surface area contributed by atoms with Crippen molar-refractivity contribution in [1.82, 2.24) is 4.98 Å². The molecule has 116 valence electrons. The van der Waals surface area contributed by atoms with Crippen LogP contribution in [0.1, 0.15) is 0 Å². The molecule has 1 fully saturated rings. The van der Waals surface area contributed by atoms with Crippen LogP contribution in [-0.2, 0) is 0 Å². The van der Waals surface area contributed by atoms with Crippen LogP contribution in [0.2, 0.25) is 5.02 Å². The molecule has 1 aromatic heterocycles. The van der Waals surface area contributed by atoms with Crippen molar-refractivity contribution in [3.8, 4) is 0 Å². The number of para-hydroxylation sites is 1. The Bertz CT molecular complexity index is 825. The van der Waals surface area contributed by atoms with Crippen LogP contribution in [0, 0.1) is 0 Å². The molecule has 0 atom stereocenters. The van der Waals surface area contributed by atoms with Gasteiger partial charge in [0.2, 0.25) is 0 Å². The van der Waals surface area contributed by atoms with Gasteiger partial charge in [-0.3, -0.25) is 0 Å². The van der Waals surface area contributed by atoms with Gasteiger partial charge in [-0.2, -0.15) is 0 Å². The van der Waals surface area contributed by atoms with Gasteiger partial charge in [0.25, 0.3) is 0 Å². The zero-order valence-corrected chi connectivity index (χ0v) is 13.6. The lowest BCUT2D eigenvalue weighted by atomic mass is 10.2. The molecule has 0 aliphatic carbocycles. The lowest BCUT2D eigenvalue weighted by molar-refractivity contribution is 0.648. The van der Waals surface area contributed by atoms with Crippen molar-refractivity contribution in [1.29, 1.82) is 0 Å². The number of hydrogen-bond acceptors (Lipinski definition) is 3. The summed E-state index contributed by atoms with van der Waals surface area (Å²) in [5, 5.41) is 1.98. The first-order valence-electron chi connectivity index (χ1n) is 7.91. The zero-order chi connectivity index (χ0) is 15.6. The van der Waals surface area contributed by atoms with Crippen LogP contribution in [0.15, 0.2) is 60.7 Å². The summed E-state index contributed by atoms with van der Waals surface area (Å²) in [5.41, 5.74) is 2.26. The number of nitrogens with zero attached hydrogens (tertiary/aromatic N) is 3. The first-order chi connectivity index (χ1) is 11.3. The largest absolute Gasteiger partial charge is 0.368 e. The average Bonchev–Trinajstić information content (AvgIpc) is 2.61. The molecule has 0 spiro atoms. The number of anilines is 2. The molecule has 0 amide bonds. The Balaban J connectivity index is 1.50. The van der Waals surface area contributed by atoms with Crippen LogP contribution in [0.3, 0.4) is 0 Å². The molecule has 1 aliphatic rings. The molecule has 0 saturated carbocycles. The minimum absolute atomic E-state index is 0.793. The first-order valence-corrected chi connectivity index (χ1v) is 8.29. The van der Waals surface area contributed by atoms with E-state index in [0.29, 0.717) is 0 Å². The predicted octanol–water partition coefficient (Wildman–Crippen LogP) is 4.21. The van der Waals surface area contributed by atoms with Crippen LogP contribution in [0.4, 0.5) is 11.5 Å². The van der Waals surface area contributed by atoms with Gasteiger partial charge in [0.05, 0.1) is 5.52 Å². The third-order valence-electron chi connectivity index (χ3n) is 4.36. The number of rotatable bonds is 2. The van der Waals surface area contributed by atoms with Crippen LogP contribution in [0.25, 0.3) is 10.9 Å². The maximum Gasteiger partial charge on any atom is 0.129 e. The van der Waals surface area contributed by atoms with Crippen molar-refractivity contribution < 1.29 is 0 Å². The number of hydrogen-bond donors (Lipinski definition) is 0. The van der Waals surface area contributed by atoms with Gasteiger partial charge in [0, 0.05) is 42.3 Å². The van der Waals surface area contributed by atoms with E-state index >= 15 is 0 Å². The summed E-state index contributed by atoms with van der Waals surface area (Å²) in [4.78, 5) is 9.53. The molecule has 0 bridgehead atoms. The van der Waals surface area contributed by atoms with Gasteiger partial charge >= 0.3 is 0 Å². The molecule has 3 nitrogen and oxygen atoms in total. The second kappa shape index (κ2) is 6.09. The minimum atomic E-state index is 0.793. The van der Waals surface area contributed by atoms with Gasteiger partial charge in [0.15, 0.2) is 0 Å². The topological polar surface area (TPSA) is 19.4 Å². The van der Waals surface area contributed by atoms with Crippen molar-refractivity contribution in [2.24, 2.45) is 0 Å². The van der Waals surface area contributed by atoms with Crippen molar-refractivity contribution in [3.05, 3.63) is 65.7 Å². The lowest BCUT2D eigenvalue weighted by Crippen LogP contribution is -2.46. The highest BCUT2D eigenvalue weighted by Gasteiger charge is 2.18. The Morgan fingerprint density at radius 2 is 1.57 bits per heavy atom. The van der Waals surface area contributed by atoms with Gasteiger partial charge in [-0.05, 0) is 36.4 Å². The van der Waals surface area contributed by atoms with Crippen molar-refractivity contribution in [3.63, 3.8) is 0 Å². The molecular weight excluding hydrogens is 306 g/mol. The average molecular weight is 324 g/mol. The fourth-order valence-corrected chi connectivity index (χ4v) is 3.28. The Kier molecular flexibility index (Phi) is 3.80. The van der Waals surface area contributed by atoms with Crippen LogP contribution in [0.5, 0.6) is 0 Å². The van der Waals surface area contributed by atoms with E-state index in [0.717, 1.165) is 42.5 Å². The van der Waals surface area contributed by atoms with Crippen LogP contribution in [-0.4, -0.2) is 31.2 Å². The van der Waals surface area contributed by atoms with Crippen molar-refractivity contribution in [2.75, 3.05) is 36.0 Å². The van der Waals surface area contributed by atoms with E-state index in [1.807, 2.05) is 30.3 Å². The van der Waals surface area contributed by atoms with E-state index in [9.17, 15) is 0 Å². The van der Waals surface area contributed by atoms with Gasteiger partial charge < -0.3 is 9.80 Å². The lowest BCUT2D eigenvalue weighted by Gasteiger charge is -2.36. The molecule has 2 aromatic carbocycles. The first kappa shape index (κ1) is 14.3. The summed E-state index contributed by atoms with van der Waals surface area (Å²) in [6, 6.07) is 20.6. The van der Waals surface area contributed by atoms with Gasteiger partial charge in [-0.25, -0.2) is 4.98 Å². The quantitative estimate of drug-likeness (QED) is 0.704. The number of fused-ring (bicyclic) bond motifs is 1. The molecule has 0 radical (unpaired) electrons. The highest BCUT2D eigenvalue weighted by Crippen LogP contribution is 2.23. The SMILES string of the molecule is Clc1cccc(N2CCN(c3ccc4ccccc4n3)CC2)c1. The maximum atomic E-state index is 6.10. The minimum Gasteiger partial charge on any atom is -0.368 e. The second-order valence-electron chi connectivity index (χ2n) is 5.82. The van der Waals surface area contributed by atoms with E-state index in [2.05, 4.69) is 40.1 Å². The zero-order valence-electron chi connectivity index (χ0n) is 12.8. The molecule has 0 N–H and O–H groups in total. The molecule has 1 aliphatic heterocycles. The van der Waals surface area contributed by atoms with Gasteiger partial charge in [0.1, 0.15) is 5.82 Å². The summed E-state index contributed by atoms with van der Waals surface area (Å²) in [5.74, 6) is 1.06. The fraction of sp³-hybridized carbons (Fsp3) is 0.211. The Labute approximate surface area is 141 Å². The van der Waals surface area contributed by atoms with E-state index in [-0.39, 0.29) is 0 Å². The number of halogens is 1. The number of aromatic nitrogens is 1. The maximum absolute atomic E-state index is 6.10. The molecule has 0 unspecified atom stereocenters. The molecular formula is C19H18ClN3. The van der Waals surface area contributed by atoms with Crippen molar-refractivity contribution >= 4 is 34.0 Å². The summed E-state index contributed by atoms with van der Waals surface area (Å²) in [7, 11) is 0. The molecule has 4 heteroatoms. The van der Waals surface area contributed by atoms with Gasteiger partial charge in [-0.1, -0.05) is 35.9 Å². The van der Waals surface area contributed by atoms with Gasteiger partial charge in [-0.15, -0.1) is 0 Å². The van der Waals surface area contributed by atoms with Crippen LogP contribution < -0.4 is 9.80 Å². The number of piperazine rings is 1. The summed E-state index contributed by atoms with van der Waals surface area (Å²) < 4.78 is 0. The standard InChI is InChI=1S/C19H18ClN3/c20-16-5-3-6-17(14-16)22-10-12-23(13-11-22)19-9-8-15-4-1-2-7-18(15)21-19/h1-9,14H,10-13H2. The summed E-state index contributed by atoms with van der Waals surface area (Å²) in [6.07, 6.45) is 0. The highest BCUT2D eigenvalue weighted by atomic mass is 35.5. The normalized spacial score (nSPS) is 15.2. The number of pyridine rings is 1. The number of benzene rings is 2. The highest BCUT2D eigenvalue weighted by molar-refractivity contribution is 6.30. The third-order valence-corrected chi connectivity index (χ3v) is 4.60. The van der Waals surface area contributed by atoms with E-state index < -0.39 is 0 Å². The van der Waals surface area contributed by atoms with Crippen LogP contribution >= 0.6 is 11.6 Å². The molecule has 2 heterocycles. The monoisotopic (exact) mass is 323 g/mol. The van der Waals surface area contributed by atoms with E-state index in [1.165, 1.54) is 11.1 Å². The van der Waals surface area contributed by atoms with E-state index in [4.69, 9.17) is 16.6 Å². The Hall–Kier alpha value is -2.26. The fourth-order valence-electron chi connectivity index (χ4n) is 3.10. The second-order valence-corrected chi connectivity index (χ2v) is 6.25. The Morgan fingerprint density at radius 1 is 0.783 bits per heavy atom. The molecule has 1 saturated heterocycles. The summed E-state index contributed by atoms with van der Waals surface area (Å²) >= 11 is 6.10. The third kappa shape index (κ3) is 2.97.